The molecule has 0 aliphatic carbocycles. The number of hydrogen-bond donors (Lipinski definition) is 2. The number of amides is 2. The van der Waals surface area contributed by atoms with Crippen LogP contribution in [0.5, 0.6) is 5.75 Å². The van der Waals surface area contributed by atoms with Gasteiger partial charge in [-0.15, -0.1) is 0 Å². The Hall–Kier alpha value is -4.02. The predicted octanol–water partition coefficient (Wildman–Crippen LogP) is 4.98. The molecule has 2 amide bonds. The fourth-order valence-electron chi connectivity index (χ4n) is 5.88. The summed E-state index contributed by atoms with van der Waals surface area (Å²) in [6, 6.07) is 12.9. The topological polar surface area (TPSA) is 120 Å². The maximum absolute atomic E-state index is 15.4. The van der Waals surface area contributed by atoms with Crippen LogP contribution in [0.4, 0.5) is 10.1 Å². The van der Waals surface area contributed by atoms with Crippen LogP contribution in [0.1, 0.15) is 48.7 Å². The number of rotatable bonds is 9. The Morgan fingerprint density at radius 2 is 1.91 bits per heavy atom. The van der Waals surface area contributed by atoms with E-state index in [4.69, 9.17) is 21.4 Å². The second kappa shape index (κ2) is 13.1. The number of aliphatic hydroxyl groups excluding tert-OH is 1. The van der Waals surface area contributed by atoms with Gasteiger partial charge in [0.15, 0.2) is 0 Å². The standard InChI is InChI=1S/C32H33ClFN3O6/c1-19(14-30(39)40)43-29-5-3-2-4-24(29)20-6-7-25(26(34)15-20)32(42)36-11-8-23(9-12-36)37-28-17-22(33)18-35-27(28)16-21(10-13-38)31(37)41/h2-7,15,17-19,21,23,38H,8-14,16H2,1H3,(H,39,40)/t19-,21?/m1/s1. The number of aliphatic hydroxyl groups is 1. The average molecular weight is 610 g/mol. The number of pyridine rings is 1. The highest BCUT2D eigenvalue weighted by Crippen LogP contribution is 2.37. The second-order valence-corrected chi connectivity index (χ2v) is 11.4. The quantitative estimate of drug-likeness (QED) is 0.351. The van der Waals surface area contributed by atoms with Gasteiger partial charge in [-0.1, -0.05) is 35.9 Å². The molecule has 2 aliphatic rings. The van der Waals surface area contributed by atoms with Gasteiger partial charge in [-0.05, 0) is 56.0 Å². The van der Waals surface area contributed by atoms with Crippen LogP contribution in [-0.4, -0.2) is 69.7 Å². The summed E-state index contributed by atoms with van der Waals surface area (Å²) in [5.41, 5.74) is 2.45. The molecule has 0 spiro atoms. The van der Waals surface area contributed by atoms with Gasteiger partial charge in [-0.2, -0.15) is 0 Å². The van der Waals surface area contributed by atoms with Crippen molar-refractivity contribution in [2.45, 2.75) is 51.2 Å². The molecule has 1 saturated heterocycles. The Kier molecular flexibility index (Phi) is 9.27. The summed E-state index contributed by atoms with van der Waals surface area (Å²) in [5.74, 6) is -2.14. The Balaban J connectivity index is 1.29. The largest absolute Gasteiger partial charge is 0.489 e. The minimum atomic E-state index is -0.984. The number of ether oxygens (including phenoxy) is 1. The third-order valence-corrected chi connectivity index (χ3v) is 8.19. The lowest BCUT2D eigenvalue weighted by atomic mass is 9.89. The van der Waals surface area contributed by atoms with E-state index in [1.807, 2.05) is 0 Å². The van der Waals surface area contributed by atoms with Crippen LogP contribution in [0.2, 0.25) is 5.02 Å². The predicted molar refractivity (Wildman–Crippen MR) is 159 cm³/mol. The van der Waals surface area contributed by atoms with Crippen LogP contribution < -0.4 is 9.64 Å². The van der Waals surface area contributed by atoms with Crippen molar-refractivity contribution in [2.75, 3.05) is 24.6 Å². The van der Waals surface area contributed by atoms with Crippen molar-refractivity contribution in [3.8, 4) is 16.9 Å². The molecule has 2 N–H and O–H groups in total. The first-order valence-electron chi connectivity index (χ1n) is 14.3. The Morgan fingerprint density at radius 1 is 1.16 bits per heavy atom. The number of piperidine rings is 1. The first-order valence-corrected chi connectivity index (χ1v) is 14.7. The summed E-state index contributed by atoms with van der Waals surface area (Å²) in [6.07, 6.45) is 2.55. The Morgan fingerprint density at radius 3 is 2.60 bits per heavy atom. The molecule has 0 bridgehead atoms. The number of aliphatic carboxylic acids is 1. The lowest BCUT2D eigenvalue weighted by molar-refractivity contribution is -0.138. The number of carboxylic acid groups (broad SMARTS) is 1. The molecule has 2 atom stereocenters. The fraction of sp³-hybridized carbons (Fsp3) is 0.375. The SMILES string of the molecule is C[C@H](CC(=O)O)Oc1ccccc1-c1ccc(C(=O)N2CCC(N3C(=O)C(CCO)Cc4ncc(Cl)cc43)CC2)c(F)c1. The number of fused-ring (bicyclic) bond motifs is 1. The summed E-state index contributed by atoms with van der Waals surface area (Å²) >= 11 is 6.22. The Bertz CT molecular complexity index is 1530. The van der Waals surface area contributed by atoms with Gasteiger partial charge in [0.25, 0.3) is 5.91 Å². The molecule has 3 heterocycles. The molecule has 1 fully saturated rings. The second-order valence-electron chi connectivity index (χ2n) is 11.0. The van der Waals surface area contributed by atoms with E-state index in [1.165, 1.54) is 12.1 Å². The van der Waals surface area contributed by atoms with Gasteiger partial charge < -0.3 is 24.7 Å². The minimum Gasteiger partial charge on any atom is -0.489 e. The average Bonchev–Trinajstić information content (AvgIpc) is 2.97. The number of carbonyl (C=O) groups is 3. The van der Waals surface area contributed by atoms with Gasteiger partial charge in [-0.25, -0.2) is 4.39 Å². The van der Waals surface area contributed by atoms with E-state index in [-0.39, 0.29) is 36.5 Å². The summed E-state index contributed by atoms with van der Waals surface area (Å²) in [7, 11) is 0. The molecule has 1 aromatic heterocycles. The number of carbonyl (C=O) groups excluding carboxylic acids is 2. The van der Waals surface area contributed by atoms with Crippen molar-refractivity contribution in [3.05, 3.63) is 76.8 Å². The van der Waals surface area contributed by atoms with Gasteiger partial charge in [0, 0.05) is 49.8 Å². The van der Waals surface area contributed by atoms with E-state index in [1.54, 1.807) is 59.3 Å². The van der Waals surface area contributed by atoms with Crippen LogP contribution in [-0.2, 0) is 16.0 Å². The van der Waals surface area contributed by atoms with Crippen molar-refractivity contribution in [1.82, 2.24) is 9.88 Å². The number of nitrogens with zero attached hydrogens (tertiary/aromatic N) is 3. The third-order valence-electron chi connectivity index (χ3n) is 7.98. The highest BCUT2D eigenvalue weighted by molar-refractivity contribution is 6.30. The van der Waals surface area contributed by atoms with Gasteiger partial charge >= 0.3 is 5.97 Å². The van der Waals surface area contributed by atoms with E-state index < -0.39 is 23.8 Å². The van der Waals surface area contributed by atoms with Crippen LogP contribution in [0, 0.1) is 11.7 Å². The molecule has 0 saturated carbocycles. The van der Waals surface area contributed by atoms with Gasteiger partial charge in [-0.3, -0.25) is 19.4 Å². The van der Waals surface area contributed by atoms with Crippen molar-refractivity contribution < 1.29 is 33.7 Å². The molecule has 1 unspecified atom stereocenters. The van der Waals surface area contributed by atoms with Crippen molar-refractivity contribution in [3.63, 3.8) is 0 Å². The van der Waals surface area contributed by atoms with Crippen molar-refractivity contribution in [2.24, 2.45) is 5.92 Å². The maximum Gasteiger partial charge on any atom is 0.307 e. The van der Waals surface area contributed by atoms with Crippen LogP contribution in [0.15, 0.2) is 54.7 Å². The number of anilines is 1. The number of benzene rings is 2. The first kappa shape index (κ1) is 30.4. The number of likely N-dealkylation sites (tertiary alicyclic amines) is 1. The molecule has 2 aromatic carbocycles. The van der Waals surface area contributed by atoms with E-state index in [0.717, 1.165) is 5.69 Å². The highest BCUT2D eigenvalue weighted by atomic mass is 35.5. The van der Waals surface area contributed by atoms with Gasteiger partial charge in [0.2, 0.25) is 5.91 Å². The van der Waals surface area contributed by atoms with E-state index in [2.05, 4.69) is 4.98 Å². The molecular formula is C32H33ClFN3O6. The zero-order valence-corrected chi connectivity index (χ0v) is 24.5. The number of hydrogen-bond acceptors (Lipinski definition) is 6. The molecule has 11 heteroatoms. The van der Waals surface area contributed by atoms with Crippen molar-refractivity contribution >= 4 is 35.1 Å². The van der Waals surface area contributed by atoms with Crippen LogP contribution in [0.3, 0.4) is 0 Å². The minimum absolute atomic E-state index is 0.0572. The van der Waals surface area contributed by atoms with Crippen LogP contribution in [0.25, 0.3) is 11.1 Å². The van der Waals surface area contributed by atoms with Crippen LogP contribution >= 0.6 is 11.6 Å². The first-order chi connectivity index (χ1) is 20.7. The zero-order valence-electron chi connectivity index (χ0n) is 23.7. The summed E-state index contributed by atoms with van der Waals surface area (Å²) in [4.78, 5) is 45.6. The van der Waals surface area contributed by atoms with E-state index >= 15 is 4.39 Å². The number of aromatic nitrogens is 1. The highest BCUT2D eigenvalue weighted by Gasteiger charge is 2.39. The maximum atomic E-state index is 15.4. The molecule has 5 rings (SSSR count). The number of para-hydroxylation sites is 1. The number of halogens is 2. The summed E-state index contributed by atoms with van der Waals surface area (Å²) < 4.78 is 21.2. The lowest BCUT2D eigenvalue weighted by Gasteiger charge is -2.42. The third kappa shape index (κ3) is 6.65. The molecular weight excluding hydrogens is 577 g/mol. The molecule has 2 aliphatic heterocycles. The van der Waals surface area contributed by atoms with E-state index in [9.17, 15) is 19.5 Å². The van der Waals surface area contributed by atoms with Gasteiger partial charge in [0.05, 0.1) is 28.4 Å². The number of carboxylic acids is 1. The fourth-order valence-corrected chi connectivity index (χ4v) is 6.03. The monoisotopic (exact) mass is 609 g/mol. The van der Waals surface area contributed by atoms with Crippen molar-refractivity contribution in [1.29, 1.82) is 0 Å². The normalized spacial score (nSPS) is 17.9. The zero-order chi connectivity index (χ0) is 30.7. The lowest BCUT2D eigenvalue weighted by Crippen LogP contribution is -2.53. The smallest absolute Gasteiger partial charge is 0.307 e. The van der Waals surface area contributed by atoms with E-state index in [0.29, 0.717) is 66.4 Å². The Labute approximate surface area is 253 Å². The summed E-state index contributed by atoms with van der Waals surface area (Å²) in [5, 5.41) is 19.0. The molecule has 0 radical (unpaired) electrons. The van der Waals surface area contributed by atoms with Gasteiger partial charge in [0.1, 0.15) is 17.7 Å². The molecule has 3 aromatic rings. The summed E-state index contributed by atoms with van der Waals surface area (Å²) in [6.45, 7) is 2.21. The molecule has 9 nitrogen and oxygen atoms in total. The molecule has 226 valence electrons. The molecule has 43 heavy (non-hydrogen) atoms.